The van der Waals surface area contributed by atoms with Gasteiger partial charge in [-0.1, -0.05) is 6.92 Å². The predicted octanol–water partition coefficient (Wildman–Crippen LogP) is 1.35. The Balaban J connectivity index is 2.01. The topological polar surface area (TPSA) is 56.2 Å². The second kappa shape index (κ2) is 5.31. The van der Waals surface area contributed by atoms with Crippen LogP contribution in [-0.4, -0.2) is 28.9 Å². The highest BCUT2D eigenvalue weighted by Crippen LogP contribution is 2.19. The summed E-state index contributed by atoms with van der Waals surface area (Å²) >= 11 is 0. The van der Waals surface area contributed by atoms with Crippen LogP contribution in [0, 0.1) is 5.92 Å². The van der Waals surface area contributed by atoms with E-state index in [1.807, 2.05) is 20.2 Å². The van der Waals surface area contributed by atoms with E-state index in [0.717, 1.165) is 30.6 Å². The van der Waals surface area contributed by atoms with Gasteiger partial charge in [0, 0.05) is 32.4 Å². The first-order chi connectivity index (χ1) is 8.20. The number of carbonyl (C=O) groups excluding carboxylic acids is 1. The molecule has 0 saturated carbocycles. The molecule has 0 aliphatic carbocycles. The number of anilines is 1. The van der Waals surface area contributed by atoms with Gasteiger partial charge in [0.15, 0.2) is 0 Å². The predicted molar refractivity (Wildman–Crippen MR) is 64.8 cm³/mol. The van der Waals surface area contributed by atoms with E-state index in [2.05, 4.69) is 10.4 Å². The number of aryl methyl sites for hydroxylation is 2. The maximum atomic E-state index is 12.0. The highest BCUT2D eigenvalue weighted by atomic mass is 16.5. The van der Waals surface area contributed by atoms with Crippen molar-refractivity contribution in [3.05, 3.63) is 11.9 Å². The zero-order valence-electron chi connectivity index (χ0n) is 10.4. The van der Waals surface area contributed by atoms with E-state index in [1.54, 1.807) is 4.68 Å². The highest BCUT2D eigenvalue weighted by molar-refractivity contribution is 5.93. The van der Waals surface area contributed by atoms with Gasteiger partial charge < -0.3 is 10.1 Å². The molecule has 1 aliphatic heterocycles. The van der Waals surface area contributed by atoms with Crippen molar-refractivity contribution in [3.63, 3.8) is 0 Å². The second-order valence-electron chi connectivity index (χ2n) is 4.39. The van der Waals surface area contributed by atoms with Gasteiger partial charge >= 0.3 is 0 Å². The zero-order valence-corrected chi connectivity index (χ0v) is 10.4. The van der Waals surface area contributed by atoms with Gasteiger partial charge in [-0.2, -0.15) is 5.10 Å². The summed E-state index contributed by atoms with van der Waals surface area (Å²) in [6.07, 6.45) is 4.31. The van der Waals surface area contributed by atoms with Crippen molar-refractivity contribution in [1.29, 1.82) is 0 Å². The molecule has 17 heavy (non-hydrogen) atoms. The Kier molecular flexibility index (Phi) is 3.78. The number of hydrogen-bond acceptors (Lipinski definition) is 3. The van der Waals surface area contributed by atoms with Crippen LogP contribution in [0.5, 0.6) is 0 Å². The van der Waals surface area contributed by atoms with Gasteiger partial charge in [0.25, 0.3) is 0 Å². The minimum Gasteiger partial charge on any atom is -0.381 e. The molecule has 1 N–H and O–H groups in total. The molecule has 1 amide bonds. The quantitative estimate of drug-likeness (QED) is 0.863. The molecular formula is C12H19N3O2. The standard InChI is InChI=1S/C12H19N3O2/c1-3-10-11(8-15(2)14-10)13-12(16)9-4-6-17-7-5-9/h8-9H,3-7H2,1-2H3,(H,13,16). The molecule has 1 aromatic rings. The number of aromatic nitrogens is 2. The third-order valence-corrected chi connectivity index (χ3v) is 3.09. The average molecular weight is 237 g/mol. The lowest BCUT2D eigenvalue weighted by molar-refractivity contribution is -0.122. The average Bonchev–Trinajstić information content (AvgIpc) is 2.70. The molecule has 0 atom stereocenters. The fourth-order valence-electron chi connectivity index (χ4n) is 2.09. The second-order valence-corrected chi connectivity index (χ2v) is 4.39. The number of carbonyl (C=O) groups is 1. The summed E-state index contributed by atoms with van der Waals surface area (Å²) in [7, 11) is 1.86. The van der Waals surface area contributed by atoms with Crippen molar-refractivity contribution in [2.45, 2.75) is 26.2 Å². The van der Waals surface area contributed by atoms with E-state index < -0.39 is 0 Å². The van der Waals surface area contributed by atoms with E-state index in [1.165, 1.54) is 0 Å². The Morgan fingerprint density at radius 3 is 2.94 bits per heavy atom. The summed E-state index contributed by atoms with van der Waals surface area (Å²) in [5.74, 6) is 0.171. The lowest BCUT2D eigenvalue weighted by Gasteiger charge is -2.21. The fourth-order valence-corrected chi connectivity index (χ4v) is 2.09. The Morgan fingerprint density at radius 2 is 2.29 bits per heavy atom. The van der Waals surface area contributed by atoms with Crippen molar-refractivity contribution in [3.8, 4) is 0 Å². The summed E-state index contributed by atoms with van der Waals surface area (Å²) < 4.78 is 6.99. The molecule has 0 aromatic carbocycles. The molecule has 1 aliphatic rings. The largest absolute Gasteiger partial charge is 0.381 e. The SMILES string of the molecule is CCc1nn(C)cc1NC(=O)C1CCOCC1. The Hall–Kier alpha value is -1.36. The maximum absolute atomic E-state index is 12.0. The highest BCUT2D eigenvalue weighted by Gasteiger charge is 2.22. The molecule has 1 aromatic heterocycles. The Labute approximate surface area is 101 Å². The maximum Gasteiger partial charge on any atom is 0.227 e. The van der Waals surface area contributed by atoms with Gasteiger partial charge in [-0.15, -0.1) is 0 Å². The first kappa shape index (κ1) is 12.1. The van der Waals surface area contributed by atoms with Crippen LogP contribution in [0.4, 0.5) is 5.69 Å². The number of nitrogens with zero attached hydrogens (tertiary/aromatic N) is 2. The van der Waals surface area contributed by atoms with Crippen LogP contribution in [0.1, 0.15) is 25.5 Å². The van der Waals surface area contributed by atoms with Crippen LogP contribution >= 0.6 is 0 Å². The minimum absolute atomic E-state index is 0.0775. The molecule has 5 nitrogen and oxygen atoms in total. The van der Waals surface area contributed by atoms with Gasteiger partial charge in [0.1, 0.15) is 0 Å². The summed E-state index contributed by atoms with van der Waals surface area (Å²) in [5, 5.41) is 7.28. The van der Waals surface area contributed by atoms with E-state index >= 15 is 0 Å². The van der Waals surface area contributed by atoms with Gasteiger partial charge in [-0.25, -0.2) is 0 Å². The zero-order chi connectivity index (χ0) is 12.3. The van der Waals surface area contributed by atoms with E-state index in [9.17, 15) is 4.79 Å². The Bertz CT molecular complexity index is 394. The van der Waals surface area contributed by atoms with Crippen LogP contribution in [0.3, 0.4) is 0 Å². The van der Waals surface area contributed by atoms with Crippen molar-refractivity contribution in [1.82, 2.24) is 9.78 Å². The van der Waals surface area contributed by atoms with Gasteiger partial charge in [0.2, 0.25) is 5.91 Å². The van der Waals surface area contributed by atoms with Crippen LogP contribution in [0.2, 0.25) is 0 Å². The Morgan fingerprint density at radius 1 is 1.59 bits per heavy atom. The molecule has 5 heteroatoms. The summed E-state index contributed by atoms with van der Waals surface area (Å²) in [4.78, 5) is 12.0. The summed E-state index contributed by atoms with van der Waals surface area (Å²) in [6, 6.07) is 0. The smallest absolute Gasteiger partial charge is 0.227 e. The van der Waals surface area contributed by atoms with Crippen LogP contribution in [0.15, 0.2) is 6.20 Å². The number of nitrogens with one attached hydrogen (secondary N) is 1. The molecule has 2 heterocycles. The first-order valence-corrected chi connectivity index (χ1v) is 6.12. The number of amides is 1. The van der Waals surface area contributed by atoms with Crippen LogP contribution < -0.4 is 5.32 Å². The summed E-state index contributed by atoms with van der Waals surface area (Å²) in [5.41, 5.74) is 1.78. The number of ether oxygens (including phenoxy) is 1. The molecule has 94 valence electrons. The van der Waals surface area contributed by atoms with Gasteiger partial charge in [-0.3, -0.25) is 9.48 Å². The van der Waals surface area contributed by atoms with Gasteiger partial charge in [0.05, 0.1) is 11.4 Å². The molecule has 2 rings (SSSR count). The molecule has 0 bridgehead atoms. The third-order valence-electron chi connectivity index (χ3n) is 3.09. The van der Waals surface area contributed by atoms with Crippen LogP contribution in [0.25, 0.3) is 0 Å². The van der Waals surface area contributed by atoms with Crippen molar-refractivity contribution < 1.29 is 9.53 Å². The van der Waals surface area contributed by atoms with Crippen molar-refractivity contribution in [2.75, 3.05) is 18.5 Å². The van der Waals surface area contributed by atoms with E-state index in [4.69, 9.17) is 4.74 Å². The number of rotatable bonds is 3. The van der Waals surface area contributed by atoms with E-state index in [-0.39, 0.29) is 11.8 Å². The third kappa shape index (κ3) is 2.85. The minimum atomic E-state index is 0.0775. The molecular weight excluding hydrogens is 218 g/mol. The first-order valence-electron chi connectivity index (χ1n) is 6.12. The van der Waals surface area contributed by atoms with Gasteiger partial charge in [-0.05, 0) is 19.3 Å². The van der Waals surface area contributed by atoms with Crippen molar-refractivity contribution in [2.24, 2.45) is 13.0 Å². The lowest BCUT2D eigenvalue weighted by Crippen LogP contribution is -2.28. The van der Waals surface area contributed by atoms with Crippen molar-refractivity contribution >= 4 is 11.6 Å². The monoisotopic (exact) mass is 237 g/mol. The molecule has 1 saturated heterocycles. The van der Waals surface area contributed by atoms with Crippen LogP contribution in [-0.2, 0) is 23.0 Å². The lowest BCUT2D eigenvalue weighted by atomic mass is 9.99. The normalized spacial score (nSPS) is 17.1. The molecule has 0 unspecified atom stereocenters. The summed E-state index contributed by atoms with van der Waals surface area (Å²) in [6.45, 7) is 3.41. The molecule has 0 radical (unpaired) electrons. The number of hydrogen-bond donors (Lipinski definition) is 1. The molecule has 1 fully saturated rings. The van der Waals surface area contributed by atoms with E-state index in [0.29, 0.717) is 13.2 Å². The fraction of sp³-hybridized carbons (Fsp3) is 0.667. The molecule has 0 spiro atoms.